The number of piperazine rings is 1. The van der Waals surface area contributed by atoms with Crippen LogP contribution in [0.2, 0.25) is 0 Å². The van der Waals surface area contributed by atoms with Crippen molar-refractivity contribution in [1.82, 2.24) is 24.4 Å². The van der Waals surface area contributed by atoms with Gasteiger partial charge >= 0.3 is 0 Å². The number of rotatable bonds is 3. The minimum absolute atomic E-state index is 0.232. The number of hydrogen-bond donors (Lipinski definition) is 4. The van der Waals surface area contributed by atoms with Gasteiger partial charge in [0.15, 0.2) is 23.2 Å². The second-order valence-corrected chi connectivity index (χ2v) is 6.73. The number of aliphatic hydroxyl groups is 3. The van der Waals surface area contributed by atoms with Crippen molar-refractivity contribution in [2.45, 2.75) is 24.5 Å². The fraction of sp³-hybridized carbons (Fsp3) is 0.667. The molecule has 2 saturated heterocycles. The van der Waals surface area contributed by atoms with Gasteiger partial charge in [0.1, 0.15) is 24.6 Å². The van der Waals surface area contributed by atoms with Gasteiger partial charge in [0.05, 0.1) is 6.61 Å². The second-order valence-electron chi connectivity index (χ2n) is 6.73. The van der Waals surface area contributed by atoms with E-state index >= 15 is 0 Å². The summed E-state index contributed by atoms with van der Waals surface area (Å²) in [5.41, 5.74) is 6.79. The number of hydrogen-bond acceptors (Lipinski definition) is 10. The topological polar surface area (TPSA) is 146 Å². The Morgan fingerprint density at radius 3 is 2.58 bits per heavy atom. The molecule has 11 nitrogen and oxygen atoms in total. The van der Waals surface area contributed by atoms with Gasteiger partial charge in [0, 0.05) is 26.2 Å². The summed E-state index contributed by atoms with van der Waals surface area (Å²) in [5, 5.41) is 30.0. The van der Waals surface area contributed by atoms with Crippen LogP contribution in [-0.2, 0) is 4.74 Å². The highest BCUT2D eigenvalue weighted by atomic mass is 16.6. The minimum atomic E-state index is -1.23. The first kappa shape index (κ1) is 17.4. The zero-order valence-electron chi connectivity index (χ0n) is 14.4. The van der Waals surface area contributed by atoms with Gasteiger partial charge in [-0.25, -0.2) is 15.0 Å². The number of nitrogen functional groups attached to an aromatic ring is 1. The molecule has 4 atom stereocenters. The van der Waals surface area contributed by atoms with Crippen molar-refractivity contribution in [2.75, 3.05) is 50.5 Å². The van der Waals surface area contributed by atoms with Crippen LogP contribution in [0, 0.1) is 0 Å². The second kappa shape index (κ2) is 6.59. The highest BCUT2D eigenvalue weighted by molar-refractivity contribution is 5.84. The van der Waals surface area contributed by atoms with E-state index in [0.29, 0.717) is 17.1 Å². The zero-order valence-corrected chi connectivity index (χ0v) is 14.4. The van der Waals surface area contributed by atoms with Crippen LogP contribution in [-0.4, -0.2) is 97.9 Å². The van der Waals surface area contributed by atoms with Gasteiger partial charge in [-0.2, -0.15) is 0 Å². The van der Waals surface area contributed by atoms with Crippen molar-refractivity contribution in [3.05, 3.63) is 6.33 Å². The van der Waals surface area contributed by atoms with Crippen molar-refractivity contribution in [1.29, 1.82) is 0 Å². The number of fused-ring (bicyclic) bond motifs is 1. The standard InChI is InChI=1S/C15H23N7O4/c1-20-2-4-21(5-3-20)15-19-9-12(16)17-7-18-13(9)22(15)14-11(25)10(24)8(6-23)26-14/h7-8,10-11,14,23-25H,2-6H2,1H3,(H2,16,17,18)/t8-,10+,11-,14+/m0/s1. The molecule has 26 heavy (non-hydrogen) atoms. The average molecular weight is 365 g/mol. The van der Waals surface area contributed by atoms with Gasteiger partial charge in [0.2, 0.25) is 5.95 Å². The molecule has 0 radical (unpaired) electrons. The fourth-order valence-electron chi connectivity index (χ4n) is 3.47. The Hall–Kier alpha value is -2.05. The monoisotopic (exact) mass is 365 g/mol. The van der Waals surface area contributed by atoms with Crippen molar-refractivity contribution in [3.63, 3.8) is 0 Å². The molecule has 5 N–H and O–H groups in total. The maximum Gasteiger partial charge on any atom is 0.210 e. The summed E-state index contributed by atoms with van der Waals surface area (Å²) >= 11 is 0. The van der Waals surface area contributed by atoms with Crippen LogP contribution in [0.4, 0.5) is 11.8 Å². The Bertz CT molecular complexity index is 792. The number of likely N-dealkylation sites (N-methyl/N-ethyl adjacent to an activating group) is 1. The normalized spacial score (nSPS) is 30.4. The van der Waals surface area contributed by atoms with E-state index in [-0.39, 0.29) is 5.82 Å². The lowest BCUT2D eigenvalue weighted by Crippen LogP contribution is -2.46. The van der Waals surface area contributed by atoms with Crippen LogP contribution in [0.1, 0.15) is 6.23 Å². The number of anilines is 2. The summed E-state index contributed by atoms with van der Waals surface area (Å²) in [7, 11) is 2.05. The van der Waals surface area contributed by atoms with E-state index in [1.165, 1.54) is 6.33 Å². The molecule has 2 aliphatic rings. The molecule has 0 bridgehead atoms. The lowest BCUT2D eigenvalue weighted by atomic mass is 10.1. The third-order valence-electron chi connectivity index (χ3n) is 5.04. The number of nitrogens with zero attached hydrogens (tertiary/aromatic N) is 6. The molecule has 2 aromatic heterocycles. The van der Waals surface area contributed by atoms with Crippen LogP contribution < -0.4 is 10.6 Å². The summed E-state index contributed by atoms with van der Waals surface area (Å²) in [6.07, 6.45) is -2.93. The Morgan fingerprint density at radius 1 is 1.19 bits per heavy atom. The number of aromatic nitrogens is 4. The van der Waals surface area contributed by atoms with Crippen molar-refractivity contribution in [3.8, 4) is 0 Å². The van der Waals surface area contributed by atoms with Gasteiger partial charge in [0.25, 0.3) is 0 Å². The Kier molecular flexibility index (Phi) is 4.40. The first-order valence-corrected chi connectivity index (χ1v) is 8.55. The molecule has 2 aromatic rings. The van der Waals surface area contributed by atoms with Crippen LogP contribution in [0.25, 0.3) is 11.2 Å². The molecule has 0 aromatic carbocycles. The third-order valence-corrected chi connectivity index (χ3v) is 5.04. The van der Waals surface area contributed by atoms with Gasteiger partial charge in [-0.05, 0) is 7.05 Å². The van der Waals surface area contributed by atoms with Crippen LogP contribution in [0.15, 0.2) is 6.33 Å². The van der Waals surface area contributed by atoms with Crippen LogP contribution in [0.3, 0.4) is 0 Å². The molecule has 0 amide bonds. The molecule has 11 heteroatoms. The maximum atomic E-state index is 10.5. The highest BCUT2D eigenvalue weighted by Gasteiger charge is 2.45. The Morgan fingerprint density at radius 2 is 1.92 bits per heavy atom. The van der Waals surface area contributed by atoms with E-state index in [1.54, 1.807) is 4.57 Å². The van der Waals surface area contributed by atoms with E-state index in [9.17, 15) is 15.3 Å². The van der Waals surface area contributed by atoms with Crippen molar-refractivity contribution < 1.29 is 20.1 Å². The van der Waals surface area contributed by atoms with Gasteiger partial charge in [-0.1, -0.05) is 0 Å². The summed E-state index contributed by atoms with van der Waals surface area (Å²) < 4.78 is 7.36. The van der Waals surface area contributed by atoms with Crippen molar-refractivity contribution in [2.24, 2.45) is 0 Å². The number of nitrogens with two attached hydrogens (primary N) is 1. The lowest BCUT2D eigenvalue weighted by Gasteiger charge is -2.34. The summed E-state index contributed by atoms with van der Waals surface area (Å²) in [6, 6.07) is 0. The van der Waals surface area contributed by atoms with Crippen LogP contribution in [0.5, 0.6) is 0 Å². The lowest BCUT2D eigenvalue weighted by molar-refractivity contribution is -0.0505. The quantitative estimate of drug-likeness (QED) is 0.471. The summed E-state index contributed by atoms with van der Waals surface area (Å²) in [4.78, 5) is 17.1. The van der Waals surface area contributed by atoms with E-state index in [4.69, 9.17) is 10.5 Å². The molecule has 2 aliphatic heterocycles. The molecular weight excluding hydrogens is 342 g/mol. The van der Waals surface area contributed by atoms with Crippen molar-refractivity contribution >= 4 is 22.9 Å². The molecule has 0 spiro atoms. The predicted octanol–water partition coefficient (Wildman–Crippen LogP) is -2.23. The molecule has 0 saturated carbocycles. The number of aliphatic hydroxyl groups excluding tert-OH is 3. The SMILES string of the molecule is CN1CCN(c2nc3c(N)ncnc3n2[C@@H]2O[C@@H](CO)[C@@H](O)[C@@H]2O)CC1. The molecule has 0 unspecified atom stereocenters. The average Bonchev–Trinajstić information content (AvgIpc) is 3.15. The first-order chi connectivity index (χ1) is 12.5. The van der Waals surface area contributed by atoms with Gasteiger partial charge < -0.3 is 35.6 Å². The van der Waals surface area contributed by atoms with Gasteiger partial charge in [-0.15, -0.1) is 0 Å². The maximum absolute atomic E-state index is 10.5. The number of imidazole rings is 1. The van der Waals surface area contributed by atoms with E-state index in [0.717, 1.165) is 26.2 Å². The highest BCUT2D eigenvalue weighted by Crippen LogP contribution is 2.36. The van der Waals surface area contributed by atoms with E-state index in [2.05, 4.69) is 31.8 Å². The first-order valence-electron chi connectivity index (χ1n) is 8.55. The summed E-state index contributed by atoms with van der Waals surface area (Å²) in [6.45, 7) is 2.80. The van der Waals surface area contributed by atoms with E-state index in [1.807, 2.05) is 0 Å². The molecule has 4 heterocycles. The minimum Gasteiger partial charge on any atom is -0.394 e. The summed E-state index contributed by atoms with van der Waals surface area (Å²) in [5.74, 6) is 0.783. The fourth-order valence-corrected chi connectivity index (χ4v) is 3.47. The zero-order chi connectivity index (χ0) is 18.4. The molecule has 2 fully saturated rings. The molecular formula is C15H23N7O4. The smallest absolute Gasteiger partial charge is 0.210 e. The Labute approximate surface area is 149 Å². The van der Waals surface area contributed by atoms with E-state index < -0.39 is 31.1 Å². The molecule has 0 aliphatic carbocycles. The Balaban J connectivity index is 1.81. The van der Waals surface area contributed by atoms with Gasteiger partial charge in [-0.3, -0.25) is 4.57 Å². The number of ether oxygens (including phenoxy) is 1. The molecule has 142 valence electrons. The third kappa shape index (κ3) is 2.68. The predicted molar refractivity (Wildman–Crippen MR) is 92.5 cm³/mol. The largest absolute Gasteiger partial charge is 0.394 e. The molecule has 4 rings (SSSR count). The van der Waals surface area contributed by atoms with Crippen LogP contribution >= 0.6 is 0 Å².